The van der Waals surface area contributed by atoms with Gasteiger partial charge in [-0.15, -0.1) is 0 Å². The minimum atomic E-state index is -1.28. The van der Waals surface area contributed by atoms with Crippen molar-refractivity contribution in [3.05, 3.63) is 38.2 Å². The number of pyridine rings is 1. The van der Waals surface area contributed by atoms with Crippen molar-refractivity contribution in [2.24, 2.45) is 0 Å². The van der Waals surface area contributed by atoms with E-state index in [0.717, 1.165) is 0 Å². The third-order valence-corrected chi connectivity index (χ3v) is 4.76. The molecule has 0 saturated heterocycles. The second-order valence-electron chi connectivity index (χ2n) is 7.20. The van der Waals surface area contributed by atoms with E-state index >= 15 is 0 Å². The highest BCUT2D eigenvalue weighted by atomic mass is 16.4. The van der Waals surface area contributed by atoms with Crippen LogP contribution >= 0.6 is 0 Å². The molecular weight excluding hydrogens is 352 g/mol. The van der Waals surface area contributed by atoms with E-state index in [0.29, 0.717) is 31.5 Å². The summed E-state index contributed by atoms with van der Waals surface area (Å²) in [6, 6.07) is 1.50. The fourth-order valence-electron chi connectivity index (χ4n) is 3.00. The summed E-state index contributed by atoms with van der Waals surface area (Å²) in [5.74, 6) is -1.81. The summed E-state index contributed by atoms with van der Waals surface area (Å²) >= 11 is 0. The van der Waals surface area contributed by atoms with Gasteiger partial charge in [0.1, 0.15) is 5.54 Å². The van der Waals surface area contributed by atoms with Crippen LogP contribution in [0.1, 0.15) is 62.0 Å². The molecular formula is C18H22N4O5. The van der Waals surface area contributed by atoms with Crippen molar-refractivity contribution in [2.75, 3.05) is 0 Å². The Hall–Kier alpha value is -2.97. The third kappa shape index (κ3) is 3.24. The van der Waals surface area contributed by atoms with Gasteiger partial charge in [-0.1, -0.05) is 20.8 Å². The highest BCUT2D eigenvalue weighted by molar-refractivity contribution is 6.07. The molecule has 0 atom stereocenters. The summed E-state index contributed by atoms with van der Waals surface area (Å²) in [5.41, 5.74) is -1.86. The first kappa shape index (κ1) is 18.8. The fraction of sp³-hybridized carbons (Fsp3) is 0.500. The van der Waals surface area contributed by atoms with Gasteiger partial charge in [0, 0.05) is 12.2 Å². The van der Waals surface area contributed by atoms with Crippen molar-refractivity contribution in [2.45, 2.75) is 58.0 Å². The predicted molar refractivity (Wildman–Crippen MR) is 98.1 cm³/mol. The lowest BCUT2D eigenvalue weighted by molar-refractivity contribution is -0.140. The van der Waals surface area contributed by atoms with Gasteiger partial charge in [0.05, 0.1) is 10.9 Å². The maximum atomic E-state index is 12.9. The van der Waals surface area contributed by atoms with Crippen LogP contribution in [-0.4, -0.2) is 37.1 Å². The summed E-state index contributed by atoms with van der Waals surface area (Å²) in [5, 5.41) is 11.8. The quantitative estimate of drug-likeness (QED) is 0.689. The number of hydrogen-bond donors (Lipinski definition) is 3. The average Bonchev–Trinajstić information content (AvgIpc) is 3.38. The molecule has 2 heterocycles. The first-order valence-corrected chi connectivity index (χ1v) is 8.94. The van der Waals surface area contributed by atoms with E-state index in [1.54, 1.807) is 0 Å². The number of H-pyrrole nitrogens is 1. The van der Waals surface area contributed by atoms with Crippen molar-refractivity contribution in [1.29, 1.82) is 0 Å². The molecule has 9 heteroatoms. The zero-order chi connectivity index (χ0) is 19.9. The molecule has 9 nitrogen and oxygen atoms in total. The molecule has 1 amide bonds. The number of amides is 1. The van der Waals surface area contributed by atoms with Crippen LogP contribution in [0, 0.1) is 0 Å². The maximum Gasteiger partial charge on any atom is 0.329 e. The smallest absolute Gasteiger partial charge is 0.329 e. The van der Waals surface area contributed by atoms with E-state index < -0.39 is 28.7 Å². The Labute approximate surface area is 154 Å². The number of nitrogens with one attached hydrogen (secondary N) is 2. The SMILES string of the molecule is CCCn1c(=O)[nH]c(=O)c2c(C(=O)NC3(C(=O)O)CC3)cc(C(C)C)nc21. The first-order chi connectivity index (χ1) is 12.7. The molecule has 144 valence electrons. The van der Waals surface area contributed by atoms with Crippen molar-refractivity contribution in [3.8, 4) is 0 Å². The maximum absolute atomic E-state index is 12.9. The van der Waals surface area contributed by atoms with E-state index in [9.17, 15) is 24.3 Å². The van der Waals surface area contributed by atoms with Crippen LogP contribution in [0.25, 0.3) is 11.0 Å². The number of rotatable bonds is 6. The lowest BCUT2D eigenvalue weighted by atomic mass is 10.0. The van der Waals surface area contributed by atoms with E-state index in [2.05, 4.69) is 15.3 Å². The molecule has 0 aliphatic heterocycles. The standard InChI is InChI=1S/C18H22N4O5/c1-4-7-22-13-12(15(24)20-17(22)27)10(8-11(19-13)9(2)3)14(23)21-18(5-6-18)16(25)26/h8-9H,4-7H2,1-3H3,(H,21,23)(H,25,26)(H,20,24,27). The Kier molecular flexibility index (Phi) is 4.63. The summed E-state index contributed by atoms with van der Waals surface area (Å²) in [4.78, 5) is 55.6. The number of nitrogens with zero attached hydrogens (tertiary/aromatic N) is 2. The molecule has 0 radical (unpaired) electrons. The van der Waals surface area contributed by atoms with Crippen molar-refractivity contribution >= 4 is 22.9 Å². The zero-order valence-electron chi connectivity index (χ0n) is 15.5. The molecule has 0 aromatic carbocycles. The lowest BCUT2D eigenvalue weighted by Crippen LogP contribution is -2.43. The first-order valence-electron chi connectivity index (χ1n) is 8.94. The summed E-state index contributed by atoms with van der Waals surface area (Å²) in [7, 11) is 0. The summed E-state index contributed by atoms with van der Waals surface area (Å²) < 4.78 is 1.34. The van der Waals surface area contributed by atoms with Gasteiger partial charge >= 0.3 is 11.7 Å². The number of hydrogen-bond acceptors (Lipinski definition) is 5. The van der Waals surface area contributed by atoms with Crippen LogP contribution in [0.4, 0.5) is 0 Å². The average molecular weight is 374 g/mol. The highest BCUT2D eigenvalue weighted by Crippen LogP contribution is 2.36. The predicted octanol–water partition coefficient (Wildman–Crippen LogP) is 0.965. The van der Waals surface area contributed by atoms with Gasteiger partial charge < -0.3 is 10.4 Å². The molecule has 0 spiro atoms. The number of aromatic nitrogens is 3. The fourth-order valence-corrected chi connectivity index (χ4v) is 3.00. The van der Waals surface area contributed by atoms with E-state index in [4.69, 9.17) is 0 Å². The summed E-state index contributed by atoms with van der Waals surface area (Å²) in [6.45, 7) is 5.98. The molecule has 1 aliphatic carbocycles. The van der Waals surface area contributed by atoms with Crippen molar-refractivity contribution in [3.63, 3.8) is 0 Å². The Bertz CT molecular complexity index is 1050. The van der Waals surface area contributed by atoms with Crippen molar-refractivity contribution < 1.29 is 14.7 Å². The van der Waals surface area contributed by atoms with Crippen LogP contribution in [-0.2, 0) is 11.3 Å². The molecule has 1 aliphatic rings. The van der Waals surface area contributed by atoms with Crippen LogP contribution in [0.15, 0.2) is 15.7 Å². The number of fused-ring (bicyclic) bond motifs is 1. The Balaban J connectivity index is 2.26. The number of carbonyl (C=O) groups excluding carboxylic acids is 1. The van der Waals surface area contributed by atoms with Crippen LogP contribution in [0.3, 0.4) is 0 Å². The van der Waals surface area contributed by atoms with Crippen LogP contribution < -0.4 is 16.6 Å². The van der Waals surface area contributed by atoms with Gasteiger partial charge in [0.25, 0.3) is 11.5 Å². The number of aliphatic carboxylic acids is 1. The topological polar surface area (TPSA) is 134 Å². The number of aryl methyl sites for hydroxylation is 1. The van der Waals surface area contributed by atoms with E-state index in [1.807, 2.05) is 20.8 Å². The van der Waals surface area contributed by atoms with Gasteiger partial charge in [-0.05, 0) is 31.2 Å². The molecule has 3 N–H and O–H groups in total. The minimum Gasteiger partial charge on any atom is -0.480 e. The van der Waals surface area contributed by atoms with Crippen LogP contribution in [0.2, 0.25) is 0 Å². The van der Waals surface area contributed by atoms with Gasteiger partial charge in [0.2, 0.25) is 0 Å². The minimum absolute atomic E-state index is 0.00820. The number of carboxylic acid groups (broad SMARTS) is 1. The Morgan fingerprint density at radius 3 is 2.56 bits per heavy atom. The second kappa shape index (κ2) is 6.64. The molecule has 1 saturated carbocycles. The summed E-state index contributed by atoms with van der Waals surface area (Å²) in [6.07, 6.45) is 1.31. The molecule has 1 fully saturated rings. The van der Waals surface area contributed by atoms with Crippen LogP contribution in [0.5, 0.6) is 0 Å². The van der Waals surface area contributed by atoms with Gasteiger partial charge in [0.15, 0.2) is 5.65 Å². The Morgan fingerprint density at radius 1 is 1.37 bits per heavy atom. The number of carbonyl (C=O) groups is 2. The molecule has 0 unspecified atom stereocenters. The zero-order valence-corrected chi connectivity index (χ0v) is 15.5. The largest absolute Gasteiger partial charge is 0.480 e. The molecule has 27 heavy (non-hydrogen) atoms. The Morgan fingerprint density at radius 2 is 2.04 bits per heavy atom. The monoisotopic (exact) mass is 374 g/mol. The third-order valence-electron chi connectivity index (χ3n) is 4.76. The highest BCUT2D eigenvalue weighted by Gasteiger charge is 2.51. The van der Waals surface area contributed by atoms with Gasteiger partial charge in [-0.25, -0.2) is 14.6 Å². The molecule has 3 rings (SSSR count). The number of aromatic amines is 1. The second-order valence-corrected chi connectivity index (χ2v) is 7.20. The van der Waals surface area contributed by atoms with Crippen molar-refractivity contribution in [1.82, 2.24) is 19.9 Å². The number of carboxylic acids is 1. The molecule has 2 aromatic rings. The van der Waals surface area contributed by atoms with E-state index in [-0.39, 0.29) is 22.5 Å². The lowest BCUT2D eigenvalue weighted by Gasteiger charge is -2.16. The molecule has 2 aromatic heterocycles. The van der Waals surface area contributed by atoms with Gasteiger partial charge in [-0.2, -0.15) is 0 Å². The van der Waals surface area contributed by atoms with Gasteiger partial charge in [-0.3, -0.25) is 19.1 Å². The van der Waals surface area contributed by atoms with E-state index in [1.165, 1.54) is 10.6 Å². The molecule has 0 bridgehead atoms. The normalized spacial score (nSPS) is 15.1.